The summed E-state index contributed by atoms with van der Waals surface area (Å²) in [6.07, 6.45) is 2.56. The molecule has 1 aromatic rings. The maximum Gasteiger partial charge on any atom is 0.0233 e. The summed E-state index contributed by atoms with van der Waals surface area (Å²) in [6.45, 7) is 14.1. The first kappa shape index (κ1) is 16.5. The number of piperidine rings is 1. The van der Waals surface area contributed by atoms with E-state index in [1.54, 1.807) is 0 Å². The van der Waals surface area contributed by atoms with Crippen LogP contribution in [0.3, 0.4) is 0 Å². The van der Waals surface area contributed by atoms with E-state index in [9.17, 15) is 0 Å². The molecule has 21 heavy (non-hydrogen) atoms. The molecule has 0 radical (unpaired) electrons. The van der Waals surface area contributed by atoms with Crippen LogP contribution in [-0.2, 0) is 6.54 Å². The molecule has 1 atom stereocenters. The standard InChI is InChI=1S/C19H32N2/c1-16(19(2,3)4)14-20-18-10-12-21(13-11-18)15-17-8-6-5-7-9-17/h5-9,16,18,20H,10-15H2,1-4H3. The highest BCUT2D eigenvalue weighted by Crippen LogP contribution is 2.25. The zero-order chi connectivity index (χ0) is 15.3. The van der Waals surface area contributed by atoms with Gasteiger partial charge in [0.2, 0.25) is 0 Å². The zero-order valence-corrected chi connectivity index (χ0v) is 14.2. The van der Waals surface area contributed by atoms with Crippen LogP contribution < -0.4 is 5.32 Å². The molecule has 1 aromatic carbocycles. The van der Waals surface area contributed by atoms with Crippen LogP contribution in [0.1, 0.15) is 46.1 Å². The first-order chi connectivity index (χ1) is 9.95. The number of likely N-dealkylation sites (tertiary alicyclic amines) is 1. The van der Waals surface area contributed by atoms with Gasteiger partial charge >= 0.3 is 0 Å². The van der Waals surface area contributed by atoms with Crippen molar-refractivity contribution in [3.05, 3.63) is 35.9 Å². The van der Waals surface area contributed by atoms with Crippen molar-refractivity contribution in [2.75, 3.05) is 19.6 Å². The molecule has 0 aromatic heterocycles. The fraction of sp³-hybridized carbons (Fsp3) is 0.684. The van der Waals surface area contributed by atoms with Gasteiger partial charge in [-0.1, -0.05) is 58.0 Å². The largest absolute Gasteiger partial charge is 0.314 e. The summed E-state index contributed by atoms with van der Waals surface area (Å²) in [5.74, 6) is 0.722. The van der Waals surface area contributed by atoms with Gasteiger partial charge in [-0.05, 0) is 49.4 Å². The molecule has 2 nitrogen and oxygen atoms in total. The van der Waals surface area contributed by atoms with Gasteiger partial charge in [0.1, 0.15) is 0 Å². The minimum Gasteiger partial charge on any atom is -0.314 e. The lowest BCUT2D eigenvalue weighted by Crippen LogP contribution is -2.44. The Bertz CT molecular complexity index is 399. The summed E-state index contributed by atoms with van der Waals surface area (Å²) in [5, 5.41) is 3.79. The summed E-state index contributed by atoms with van der Waals surface area (Å²) >= 11 is 0. The summed E-state index contributed by atoms with van der Waals surface area (Å²) < 4.78 is 0. The molecule has 1 aliphatic rings. The summed E-state index contributed by atoms with van der Waals surface area (Å²) in [4.78, 5) is 2.58. The van der Waals surface area contributed by atoms with Crippen LogP contribution in [0, 0.1) is 11.3 Å². The van der Waals surface area contributed by atoms with Gasteiger partial charge < -0.3 is 5.32 Å². The maximum atomic E-state index is 3.79. The second-order valence-electron chi connectivity index (χ2n) is 7.71. The summed E-state index contributed by atoms with van der Waals surface area (Å²) in [6, 6.07) is 11.5. The number of benzene rings is 1. The Labute approximate surface area is 130 Å². The lowest BCUT2D eigenvalue weighted by molar-refractivity contribution is 0.177. The summed E-state index contributed by atoms with van der Waals surface area (Å²) in [7, 11) is 0. The van der Waals surface area contributed by atoms with Crippen LogP contribution in [0.2, 0.25) is 0 Å². The van der Waals surface area contributed by atoms with Crippen molar-refractivity contribution in [2.24, 2.45) is 11.3 Å². The van der Waals surface area contributed by atoms with Crippen LogP contribution in [0.5, 0.6) is 0 Å². The molecule has 2 rings (SSSR count). The van der Waals surface area contributed by atoms with Gasteiger partial charge in [-0.2, -0.15) is 0 Å². The third kappa shape index (κ3) is 5.44. The van der Waals surface area contributed by atoms with E-state index < -0.39 is 0 Å². The second kappa shape index (κ2) is 7.42. The normalized spacial score (nSPS) is 19.6. The predicted molar refractivity (Wildman–Crippen MR) is 91.4 cm³/mol. The Morgan fingerprint density at radius 3 is 2.33 bits per heavy atom. The minimum absolute atomic E-state index is 0.404. The topological polar surface area (TPSA) is 15.3 Å². The van der Waals surface area contributed by atoms with Crippen molar-refractivity contribution >= 4 is 0 Å². The average Bonchev–Trinajstić information content (AvgIpc) is 2.46. The average molecular weight is 288 g/mol. The monoisotopic (exact) mass is 288 g/mol. The van der Waals surface area contributed by atoms with E-state index in [2.05, 4.69) is 68.2 Å². The Kier molecular flexibility index (Phi) is 5.83. The van der Waals surface area contributed by atoms with Crippen LogP contribution in [-0.4, -0.2) is 30.6 Å². The van der Waals surface area contributed by atoms with Gasteiger partial charge in [0.15, 0.2) is 0 Å². The molecular formula is C19H32N2. The van der Waals surface area contributed by atoms with E-state index in [4.69, 9.17) is 0 Å². The van der Waals surface area contributed by atoms with Crippen molar-refractivity contribution in [1.82, 2.24) is 10.2 Å². The quantitative estimate of drug-likeness (QED) is 0.883. The molecule has 1 aliphatic heterocycles. The molecule has 2 heteroatoms. The molecule has 1 unspecified atom stereocenters. The van der Waals surface area contributed by atoms with Crippen LogP contribution in [0.25, 0.3) is 0 Å². The SMILES string of the molecule is CC(CNC1CCN(Cc2ccccc2)CC1)C(C)(C)C. The Morgan fingerprint density at radius 2 is 1.76 bits per heavy atom. The van der Waals surface area contributed by atoms with E-state index in [0.717, 1.165) is 19.0 Å². The van der Waals surface area contributed by atoms with Crippen LogP contribution in [0.15, 0.2) is 30.3 Å². The molecule has 1 heterocycles. The third-order valence-corrected chi connectivity index (χ3v) is 5.03. The van der Waals surface area contributed by atoms with E-state index >= 15 is 0 Å². The van der Waals surface area contributed by atoms with Crippen LogP contribution in [0.4, 0.5) is 0 Å². The van der Waals surface area contributed by atoms with Gasteiger partial charge in [0.25, 0.3) is 0 Å². The fourth-order valence-electron chi connectivity index (χ4n) is 2.79. The number of hydrogen-bond acceptors (Lipinski definition) is 2. The number of rotatable bonds is 5. The Morgan fingerprint density at radius 1 is 1.14 bits per heavy atom. The molecule has 0 bridgehead atoms. The minimum atomic E-state index is 0.404. The highest BCUT2D eigenvalue weighted by atomic mass is 15.1. The molecule has 0 aliphatic carbocycles. The fourth-order valence-corrected chi connectivity index (χ4v) is 2.79. The molecule has 0 amide bonds. The first-order valence-electron chi connectivity index (χ1n) is 8.45. The third-order valence-electron chi connectivity index (χ3n) is 5.03. The highest BCUT2D eigenvalue weighted by molar-refractivity contribution is 5.14. The van der Waals surface area contributed by atoms with E-state index in [1.807, 2.05) is 0 Å². The van der Waals surface area contributed by atoms with Gasteiger partial charge in [0, 0.05) is 12.6 Å². The van der Waals surface area contributed by atoms with Crippen molar-refractivity contribution in [2.45, 2.75) is 53.1 Å². The lowest BCUT2D eigenvalue weighted by Gasteiger charge is -2.34. The van der Waals surface area contributed by atoms with Gasteiger partial charge in [0.05, 0.1) is 0 Å². The smallest absolute Gasteiger partial charge is 0.0233 e. The number of nitrogens with zero attached hydrogens (tertiary/aromatic N) is 1. The second-order valence-corrected chi connectivity index (χ2v) is 7.71. The highest BCUT2D eigenvalue weighted by Gasteiger charge is 2.23. The first-order valence-corrected chi connectivity index (χ1v) is 8.45. The van der Waals surface area contributed by atoms with Crippen molar-refractivity contribution in [3.8, 4) is 0 Å². The molecular weight excluding hydrogens is 256 g/mol. The van der Waals surface area contributed by atoms with E-state index in [0.29, 0.717) is 11.5 Å². The molecule has 0 spiro atoms. The zero-order valence-electron chi connectivity index (χ0n) is 14.2. The predicted octanol–water partition coefficient (Wildman–Crippen LogP) is 3.92. The molecule has 1 N–H and O–H groups in total. The van der Waals surface area contributed by atoms with Crippen molar-refractivity contribution in [3.63, 3.8) is 0 Å². The van der Waals surface area contributed by atoms with Crippen molar-refractivity contribution in [1.29, 1.82) is 0 Å². The Balaban J connectivity index is 1.69. The van der Waals surface area contributed by atoms with Gasteiger partial charge in [-0.3, -0.25) is 4.90 Å². The maximum absolute atomic E-state index is 3.79. The number of nitrogens with one attached hydrogen (secondary N) is 1. The number of hydrogen-bond donors (Lipinski definition) is 1. The van der Waals surface area contributed by atoms with E-state index in [-0.39, 0.29) is 0 Å². The van der Waals surface area contributed by atoms with Crippen molar-refractivity contribution < 1.29 is 0 Å². The van der Waals surface area contributed by atoms with Gasteiger partial charge in [-0.25, -0.2) is 0 Å². The lowest BCUT2D eigenvalue weighted by atomic mass is 9.82. The van der Waals surface area contributed by atoms with E-state index in [1.165, 1.54) is 31.5 Å². The van der Waals surface area contributed by atoms with Crippen LogP contribution >= 0.6 is 0 Å². The summed E-state index contributed by atoms with van der Waals surface area (Å²) in [5.41, 5.74) is 1.84. The van der Waals surface area contributed by atoms with Gasteiger partial charge in [-0.15, -0.1) is 0 Å². The molecule has 118 valence electrons. The Hall–Kier alpha value is -0.860. The molecule has 1 saturated heterocycles. The molecule has 1 fully saturated rings. The molecule has 0 saturated carbocycles.